The van der Waals surface area contributed by atoms with Gasteiger partial charge in [-0.05, 0) is 86.5 Å². The molecule has 0 radical (unpaired) electrons. The molecule has 5 aliphatic rings. The van der Waals surface area contributed by atoms with Crippen molar-refractivity contribution in [2.75, 3.05) is 0 Å². The Kier molecular flexibility index (Phi) is 7.91. The lowest BCUT2D eigenvalue weighted by atomic mass is 9.61. The number of carbonyl (C=O) groups excluding carboxylic acids is 2. The highest BCUT2D eigenvalue weighted by Gasteiger charge is 2.68. The van der Waals surface area contributed by atoms with Crippen molar-refractivity contribution in [1.82, 2.24) is 0 Å². The van der Waals surface area contributed by atoms with Crippen LogP contribution in [-0.4, -0.2) is 62.4 Å². The zero-order chi connectivity index (χ0) is 34.4. The third-order valence-corrected chi connectivity index (χ3v) is 11.4. The molecule has 3 unspecified atom stereocenters. The summed E-state index contributed by atoms with van der Waals surface area (Å²) < 4.78 is 20.5. The highest BCUT2D eigenvalue weighted by Crippen LogP contribution is 2.64. The summed E-state index contributed by atoms with van der Waals surface area (Å²) in [5.74, 6) is -2.97. The van der Waals surface area contributed by atoms with E-state index in [0.29, 0.717) is 42.6 Å². The average Bonchev–Trinajstić information content (AvgIpc) is 3.20. The molecule has 2 bridgehead atoms. The largest absolute Gasteiger partial charge is 0.507 e. The molecule has 3 N–H and O–H groups in total. The molecule has 9 heteroatoms. The smallest absolute Gasteiger partial charge is 0.330 e. The van der Waals surface area contributed by atoms with Crippen LogP contribution in [0, 0.1) is 17.8 Å². The second kappa shape index (κ2) is 11.2. The number of rotatable bonds is 7. The van der Waals surface area contributed by atoms with E-state index in [2.05, 4.69) is 6.58 Å². The number of aldehydes is 1. The molecular weight excluding hydrogens is 600 g/mol. The van der Waals surface area contributed by atoms with Gasteiger partial charge >= 0.3 is 5.97 Å². The molecule has 47 heavy (non-hydrogen) atoms. The first kappa shape index (κ1) is 33.2. The van der Waals surface area contributed by atoms with Crippen LogP contribution in [0.3, 0.4) is 0 Å². The number of hydrogen-bond donors (Lipinski definition) is 3. The van der Waals surface area contributed by atoms with Crippen LogP contribution in [0.25, 0.3) is 0 Å². The van der Waals surface area contributed by atoms with Gasteiger partial charge in [0.25, 0.3) is 0 Å². The van der Waals surface area contributed by atoms with Crippen molar-refractivity contribution < 1.29 is 43.9 Å². The fourth-order valence-corrected chi connectivity index (χ4v) is 8.85. The summed E-state index contributed by atoms with van der Waals surface area (Å²) in [6, 6.07) is 0. The third-order valence-electron chi connectivity index (χ3n) is 11.4. The van der Waals surface area contributed by atoms with Gasteiger partial charge in [0.05, 0.1) is 5.60 Å². The van der Waals surface area contributed by atoms with Crippen LogP contribution >= 0.6 is 0 Å². The molecule has 2 fully saturated rings. The zero-order valence-electron chi connectivity index (χ0n) is 28.3. The van der Waals surface area contributed by atoms with Crippen molar-refractivity contribution >= 4 is 18.0 Å². The normalized spacial score (nSPS) is 34.8. The van der Waals surface area contributed by atoms with Gasteiger partial charge < -0.3 is 34.3 Å². The molecule has 9 nitrogen and oxygen atoms in total. The lowest BCUT2D eigenvalue weighted by Crippen LogP contribution is -2.59. The Hall–Kier alpha value is -3.69. The van der Waals surface area contributed by atoms with Crippen molar-refractivity contribution in [3.8, 4) is 17.2 Å². The molecule has 3 heterocycles. The Bertz CT molecular complexity index is 1670. The van der Waals surface area contributed by atoms with Crippen LogP contribution < -0.4 is 9.47 Å². The Balaban J connectivity index is 1.66. The molecule has 3 aliphatic heterocycles. The summed E-state index contributed by atoms with van der Waals surface area (Å²) >= 11 is 0. The van der Waals surface area contributed by atoms with Crippen LogP contribution in [-0.2, 0) is 20.7 Å². The number of Topliss-reactive ketones (excluding diaryl/α,β-unsaturated/α-hetero) is 1. The summed E-state index contributed by atoms with van der Waals surface area (Å²) in [6.45, 7) is 17.3. The lowest BCUT2D eigenvalue weighted by Gasteiger charge is -2.53. The minimum Gasteiger partial charge on any atom is -0.507 e. The molecule has 1 saturated carbocycles. The van der Waals surface area contributed by atoms with Crippen molar-refractivity contribution in [3.05, 3.63) is 63.8 Å². The quantitative estimate of drug-likeness (QED) is 0.181. The van der Waals surface area contributed by atoms with Gasteiger partial charge in [0.1, 0.15) is 46.9 Å². The molecule has 252 valence electrons. The van der Waals surface area contributed by atoms with E-state index in [9.17, 15) is 29.7 Å². The van der Waals surface area contributed by atoms with Gasteiger partial charge in [-0.25, -0.2) is 4.79 Å². The zero-order valence-corrected chi connectivity index (χ0v) is 28.3. The fourth-order valence-electron chi connectivity index (χ4n) is 8.85. The number of hydrogen-bond acceptors (Lipinski definition) is 8. The molecular formula is C38H46O9. The first-order valence-corrected chi connectivity index (χ1v) is 16.5. The molecule has 1 aromatic carbocycles. The van der Waals surface area contributed by atoms with E-state index in [-0.39, 0.29) is 40.5 Å². The number of aliphatic hydroxyl groups is 1. The number of carboxylic acids is 1. The highest BCUT2D eigenvalue weighted by molar-refractivity contribution is 6.16. The number of ether oxygens (including phenoxy) is 3. The highest BCUT2D eigenvalue weighted by atomic mass is 16.6. The molecule has 1 spiro atoms. The molecule has 0 aromatic heterocycles. The van der Waals surface area contributed by atoms with E-state index >= 15 is 0 Å². The van der Waals surface area contributed by atoms with Gasteiger partial charge in [-0.2, -0.15) is 0 Å². The monoisotopic (exact) mass is 646 g/mol. The van der Waals surface area contributed by atoms with E-state index < -0.39 is 58.5 Å². The molecule has 1 saturated heterocycles. The van der Waals surface area contributed by atoms with Crippen LogP contribution in [0.5, 0.6) is 17.2 Å². The number of allylic oxidation sites excluding steroid dienone is 4. The minimum atomic E-state index is -1.36. The van der Waals surface area contributed by atoms with Crippen molar-refractivity contribution in [2.24, 2.45) is 17.8 Å². The Morgan fingerprint density at radius 1 is 1.11 bits per heavy atom. The van der Waals surface area contributed by atoms with Gasteiger partial charge in [-0.3, -0.25) is 4.79 Å². The Morgan fingerprint density at radius 3 is 2.43 bits per heavy atom. The van der Waals surface area contributed by atoms with Crippen LogP contribution in [0.15, 0.2) is 47.1 Å². The summed E-state index contributed by atoms with van der Waals surface area (Å²) in [4.78, 5) is 39.0. The summed E-state index contributed by atoms with van der Waals surface area (Å²) in [5, 5.41) is 33.5. The predicted molar refractivity (Wildman–Crippen MR) is 175 cm³/mol. The number of benzene rings is 1. The van der Waals surface area contributed by atoms with Gasteiger partial charge in [0.15, 0.2) is 11.4 Å². The van der Waals surface area contributed by atoms with Gasteiger partial charge in [-0.15, -0.1) is 0 Å². The number of phenolic OH excluding ortho intramolecular Hbond substituents is 1. The van der Waals surface area contributed by atoms with Crippen molar-refractivity contribution in [2.45, 2.75) is 115 Å². The molecule has 0 amide bonds. The Morgan fingerprint density at radius 2 is 1.81 bits per heavy atom. The minimum absolute atomic E-state index is 0.0192. The third kappa shape index (κ3) is 4.83. The van der Waals surface area contributed by atoms with Crippen molar-refractivity contribution in [3.63, 3.8) is 0 Å². The van der Waals surface area contributed by atoms with Crippen LogP contribution in [0.1, 0.15) is 102 Å². The van der Waals surface area contributed by atoms with E-state index in [1.165, 1.54) is 6.92 Å². The number of carboxylic acid groups (broad SMARTS) is 1. The number of carbonyl (C=O) groups is 3. The van der Waals surface area contributed by atoms with Crippen LogP contribution in [0.2, 0.25) is 0 Å². The summed E-state index contributed by atoms with van der Waals surface area (Å²) in [6.07, 6.45) is 6.44. The molecule has 2 aliphatic carbocycles. The molecule has 1 aromatic rings. The number of aliphatic carboxylic acids is 1. The van der Waals surface area contributed by atoms with E-state index in [4.69, 9.17) is 14.2 Å². The maximum Gasteiger partial charge on any atom is 0.330 e. The van der Waals surface area contributed by atoms with Crippen LogP contribution in [0.4, 0.5) is 0 Å². The number of aliphatic hydroxyl groups excluding tert-OH is 1. The fraction of sp³-hybridized carbons (Fsp3) is 0.553. The van der Waals surface area contributed by atoms with E-state index in [0.717, 1.165) is 17.4 Å². The van der Waals surface area contributed by atoms with E-state index in [1.807, 2.05) is 47.6 Å². The van der Waals surface area contributed by atoms with Gasteiger partial charge in [0, 0.05) is 40.0 Å². The number of phenols is 1. The molecule has 6 rings (SSSR count). The second-order valence-corrected chi connectivity index (χ2v) is 15.2. The first-order valence-electron chi connectivity index (χ1n) is 16.5. The lowest BCUT2D eigenvalue weighted by molar-refractivity contribution is -0.132. The average molecular weight is 647 g/mol. The number of ketones is 1. The summed E-state index contributed by atoms with van der Waals surface area (Å²) in [5.41, 5.74) is 0.0799. The number of aromatic hydroxyl groups is 1. The maximum atomic E-state index is 15.0. The SMILES string of the molecule is C=C(C)C1CC[C@@]2(C)Oc3c(CC=C(C)C)c4c(c(O)c3[C@@H]1[C@@H]2O)C(=O)C1=C[C@@H](C=O)CC2C(C)(C)OC(C/C=C(/C)C(=O)O)[C@@]12O4. The second-order valence-electron chi connectivity index (χ2n) is 15.2. The first-order chi connectivity index (χ1) is 22.0. The van der Waals surface area contributed by atoms with E-state index in [1.54, 1.807) is 12.2 Å². The topological polar surface area (TPSA) is 140 Å². The predicted octanol–water partition coefficient (Wildman–Crippen LogP) is 6.16. The maximum absolute atomic E-state index is 15.0. The van der Waals surface area contributed by atoms with Gasteiger partial charge in [0.2, 0.25) is 0 Å². The number of fused-ring (bicyclic) bond motifs is 5. The molecule has 8 atom stereocenters. The summed E-state index contributed by atoms with van der Waals surface area (Å²) in [7, 11) is 0. The van der Waals surface area contributed by atoms with Crippen molar-refractivity contribution in [1.29, 1.82) is 0 Å². The standard InChI is InChI=1S/C38H46O9/c1-18(2)9-11-23-32-28(27-22(19(3)4)13-14-37(8,46-32)34(27)42)31(41)29-30(40)24-15-21(17-39)16-25-36(6,7)45-26(12-10-20(5)35(43)44)38(24,25)47-33(23)29/h9-10,15,17,21-22,25-27,34,41-42H,3,11-14,16H2,1-2,4-8H3,(H,43,44)/b20-10-/t21-,22?,25?,26?,27-,34+,37-,38-/m1/s1. The van der Waals surface area contributed by atoms with Gasteiger partial charge in [-0.1, -0.05) is 36.0 Å². The Labute approximate surface area is 276 Å².